The van der Waals surface area contributed by atoms with E-state index in [1.807, 2.05) is 7.11 Å². The molecule has 0 amide bonds. The van der Waals surface area contributed by atoms with Gasteiger partial charge in [-0.15, -0.1) is 0 Å². The Morgan fingerprint density at radius 1 is 0.467 bits per heavy atom. The Morgan fingerprint density at radius 3 is 1.03 bits per heavy atom. The van der Waals surface area contributed by atoms with E-state index in [4.69, 9.17) is 4.43 Å². The molecule has 1 nitrogen and oxygen atoms in total. The summed E-state index contributed by atoms with van der Waals surface area (Å²) in [6.07, 6.45) is 28.6. The molecule has 0 aromatic rings. The topological polar surface area (TPSA) is 9.23 Å². The van der Waals surface area contributed by atoms with Crippen LogP contribution in [0.3, 0.4) is 0 Å². The molecule has 0 saturated heterocycles. The number of rotatable bonds is 25. The minimum Gasteiger partial charge on any atom is -0.420 e. The van der Waals surface area contributed by atoms with Crippen LogP contribution in [-0.4, -0.2) is 21.2 Å². The molecule has 182 valence electrons. The quantitative estimate of drug-likeness (QED) is 0.0812. The van der Waals surface area contributed by atoms with Crippen LogP contribution in [0.25, 0.3) is 0 Å². The van der Waals surface area contributed by atoms with Gasteiger partial charge in [-0.2, -0.15) is 12.6 Å². The van der Waals surface area contributed by atoms with E-state index in [1.54, 1.807) is 0 Å². The zero-order valence-electron chi connectivity index (χ0n) is 21.3. The molecule has 0 saturated carbocycles. The molecule has 0 rings (SSSR count). The second-order valence-electron chi connectivity index (χ2n) is 9.72. The van der Waals surface area contributed by atoms with Crippen molar-refractivity contribution >= 4 is 20.9 Å². The van der Waals surface area contributed by atoms with Crippen molar-refractivity contribution in [1.82, 2.24) is 0 Å². The minimum absolute atomic E-state index is 1.06. The summed E-state index contributed by atoms with van der Waals surface area (Å²) in [5.74, 6) is 1.06. The number of hydrogen-bond donors (Lipinski definition) is 1. The highest BCUT2D eigenvalue weighted by Crippen LogP contribution is 2.28. The summed E-state index contributed by atoms with van der Waals surface area (Å²) in [5.41, 5.74) is 0. The summed E-state index contributed by atoms with van der Waals surface area (Å²) in [6, 6.07) is 4.14. The van der Waals surface area contributed by atoms with E-state index in [0.29, 0.717) is 0 Å². The van der Waals surface area contributed by atoms with Crippen LogP contribution in [0, 0.1) is 0 Å². The Labute approximate surface area is 198 Å². The van der Waals surface area contributed by atoms with Gasteiger partial charge in [-0.1, -0.05) is 136 Å². The number of hydrogen-bond acceptors (Lipinski definition) is 2. The maximum Gasteiger partial charge on any atom is 0.192 e. The Balaban J connectivity index is 3.31. The average molecular weight is 459 g/mol. The molecule has 0 aliphatic heterocycles. The normalized spacial score (nSPS) is 12.0. The second kappa shape index (κ2) is 24.2. The van der Waals surface area contributed by atoms with Crippen LogP contribution in [0.5, 0.6) is 0 Å². The van der Waals surface area contributed by atoms with E-state index in [-0.39, 0.29) is 0 Å². The van der Waals surface area contributed by atoms with Gasteiger partial charge in [0.2, 0.25) is 0 Å². The van der Waals surface area contributed by atoms with E-state index in [0.717, 1.165) is 5.75 Å². The summed E-state index contributed by atoms with van der Waals surface area (Å²) in [5, 5.41) is 0. The summed E-state index contributed by atoms with van der Waals surface area (Å²) < 4.78 is 6.09. The van der Waals surface area contributed by atoms with Crippen molar-refractivity contribution in [3.8, 4) is 0 Å². The van der Waals surface area contributed by atoms with Crippen molar-refractivity contribution in [2.24, 2.45) is 0 Å². The van der Waals surface area contributed by atoms with Gasteiger partial charge in [-0.3, -0.25) is 0 Å². The van der Waals surface area contributed by atoms with Gasteiger partial charge in [0, 0.05) is 7.11 Å². The third-order valence-corrected chi connectivity index (χ3v) is 12.2. The van der Waals surface area contributed by atoms with Gasteiger partial charge in [0.25, 0.3) is 0 Å². The fourth-order valence-corrected chi connectivity index (χ4v) is 9.28. The van der Waals surface area contributed by atoms with Gasteiger partial charge in [-0.25, -0.2) is 0 Å². The summed E-state index contributed by atoms with van der Waals surface area (Å²) in [4.78, 5) is 0. The van der Waals surface area contributed by atoms with E-state index < -0.39 is 8.32 Å². The maximum atomic E-state index is 6.09. The first-order valence-corrected chi connectivity index (χ1v) is 17.1. The van der Waals surface area contributed by atoms with Gasteiger partial charge in [0.1, 0.15) is 0 Å². The van der Waals surface area contributed by atoms with Crippen molar-refractivity contribution in [2.75, 3.05) is 12.9 Å². The fourth-order valence-electron chi connectivity index (χ4n) is 4.98. The third kappa shape index (κ3) is 19.2. The van der Waals surface area contributed by atoms with Crippen LogP contribution >= 0.6 is 12.6 Å². The Morgan fingerprint density at radius 2 is 0.767 bits per heavy atom. The van der Waals surface area contributed by atoms with Gasteiger partial charge in [-0.05, 0) is 30.3 Å². The molecule has 0 atom stereocenters. The molecule has 0 aromatic heterocycles. The second-order valence-corrected chi connectivity index (χ2v) is 14.4. The van der Waals surface area contributed by atoms with Crippen molar-refractivity contribution in [1.29, 1.82) is 0 Å². The predicted octanol–water partition coefficient (Wildman–Crippen LogP) is 10.3. The Bertz CT molecular complexity index is 318. The van der Waals surface area contributed by atoms with E-state index in [1.165, 1.54) is 147 Å². The highest BCUT2D eigenvalue weighted by Gasteiger charge is 2.30. The first kappa shape index (κ1) is 30.5. The first-order chi connectivity index (χ1) is 14.7. The molecule has 0 fully saturated rings. The molecular weight excluding hydrogens is 400 g/mol. The van der Waals surface area contributed by atoms with E-state index in [2.05, 4.69) is 26.5 Å². The molecule has 0 aromatic carbocycles. The standard InChI is InChI=1S/C27H58OSSi/c1-4-25-30(28-3,26-5-2)27-23-21-19-17-15-13-11-9-7-6-8-10-12-14-16-18-20-22-24-29/h29H,4-27H2,1-3H3. The van der Waals surface area contributed by atoms with Crippen LogP contribution in [0.1, 0.15) is 142 Å². The SMILES string of the molecule is CCC[Si](CCC)(CCCCCCCCCCCCCCCCCCCCS)OC. The van der Waals surface area contributed by atoms with Crippen molar-refractivity contribution in [3.63, 3.8) is 0 Å². The highest BCUT2D eigenvalue weighted by molar-refractivity contribution is 7.80. The smallest absolute Gasteiger partial charge is 0.192 e. The Kier molecular flexibility index (Phi) is 24.6. The molecule has 0 unspecified atom stereocenters. The van der Waals surface area contributed by atoms with E-state index >= 15 is 0 Å². The van der Waals surface area contributed by atoms with Crippen LogP contribution in [0.4, 0.5) is 0 Å². The van der Waals surface area contributed by atoms with Crippen LogP contribution in [-0.2, 0) is 4.43 Å². The molecule has 3 heteroatoms. The highest BCUT2D eigenvalue weighted by atomic mass is 32.1. The molecule has 0 aliphatic rings. The van der Waals surface area contributed by atoms with Crippen molar-refractivity contribution in [2.45, 2.75) is 160 Å². The van der Waals surface area contributed by atoms with E-state index in [9.17, 15) is 0 Å². The van der Waals surface area contributed by atoms with Gasteiger partial charge < -0.3 is 4.43 Å². The Hall–Kier alpha value is 0.527. The summed E-state index contributed by atoms with van der Waals surface area (Å²) in [6.45, 7) is 4.65. The third-order valence-electron chi connectivity index (χ3n) is 6.88. The zero-order valence-corrected chi connectivity index (χ0v) is 23.2. The molecule has 0 radical (unpaired) electrons. The minimum atomic E-state index is -1.38. The number of unbranched alkanes of at least 4 members (excludes halogenated alkanes) is 17. The fraction of sp³-hybridized carbons (Fsp3) is 1.00. The molecule has 0 bridgehead atoms. The number of thiol groups is 1. The van der Waals surface area contributed by atoms with Crippen LogP contribution in [0.2, 0.25) is 18.1 Å². The maximum absolute atomic E-state index is 6.09. The lowest BCUT2D eigenvalue weighted by atomic mass is 10.0. The van der Waals surface area contributed by atoms with Crippen LogP contribution < -0.4 is 0 Å². The molecule has 0 N–H and O–H groups in total. The van der Waals surface area contributed by atoms with Gasteiger partial charge in [0.15, 0.2) is 8.32 Å². The molecule has 30 heavy (non-hydrogen) atoms. The van der Waals surface area contributed by atoms with Crippen molar-refractivity contribution in [3.05, 3.63) is 0 Å². The molecular formula is C27H58OSSi. The van der Waals surface area contributed by atoms with Crippen LogP contribution in [0.15, 0.2) is 0 Å². The molecule has 0 aliphatic carbocycles. The monoisotopic (exact) mass is 458 g/mol. The lowest BCUT2D eigenvalue weighted by Crippen LogP contribution is -2.36. The molecule has 0 heterocycles. The lowest BCUT2D eigenvalue weighted by molar-refractivity contribution is 0.384. The summed E-state index contributed by atoms with van der Waals surface area (Å²) in [7, 11) is 0.607. The average Bonchev–Trinajstić information content (AvgIpc) is 2.75. The van der Waals surface area contributed by atoms with Crippen molar-refractivity contribution < 1.29 is 4.43 Å². The lowest BCUT2D eigenvalue weighted by Gasteiger charge is -2.29. The zero-order chi connectivity index (χ0) is 22.2. The summed E-state index contributed by atoms with van der Waals surface area (Å²) >= 11 is 4.28. The molecule has 0 spiro atoms. The largest absolute Gasteiger partial charge is 0.420 e. The van der Waals surface area contributed by atoms with Gasteiger partial charge in [0.05, 0.1) is 0 Å². The predicted molar refractivity (Wildman–Crippen MR) is 145 cm³/mol. The van der Waals surface area contributed by atoms with Gasteiger partial charge >= 0.3 is 0 Å². The first-order valence-electron chi connectivity index (χ1n) is 13.9.